The lowest BCUT2D eigenvalue weighted by molar-refractivity contribution is 0.0698. The van der Waals surface area contributed by atoms with E-state index in [-0.39, 0.29) is 16.3 Å². The van der Waals surface area contributed by atoms with Gasteiger partial charge in [0, 0.05) is 5.02 Å². The van der Waals surface area contributed by atoms with Crippen LogP contribution in [0.4, 0.5) is 5.69 Å². The molecule has 94 valence electrons. The Kier molecular flexibility index (Phi) is 4.00. The summed E-state index contributed by atoms with van der Waals surface area (Å²) < 4.78 is 25.5. The zero-order chi connectivity index (χ0) is 13.2. The third kappa shape index (κ3) is 3.34. The molecule has 0 bridgehead atoms. The Morgan fingerprint density at radius 2 is 2.00 bits per heavy atom. The van der Waals surface area contributed by atoms with Gasteiger partial charge in [-0.15, -0.1) is 0 Å². The van der Waals surface area contributed by atoms with Gasteiger partial charge in [-0.2, -0.15) is 0 Å². The van der Waals surface area contributed by atoms with Crippen LogP contribution in [0.15, 0.2) is 18.2 Å². The minimum absolute atomic E-state index is 0.0290. The van der Waals surface area contributed by atoms with Crippen molar-refractivity contribution in [1.82, 2.24) is 0 Å². The second-order valence-corrected chi connectivity index (χ2v) is 6.36. The van der Waals surface area contributed by atoms with Gasteiger partial charge in [0.2, 0.25) is 10.0 Å². The SMILES string of the molecule is CC(C)S(=O)(=O)Nc1cc(Cl)ccc1C(=O)O. The highest BCUT2D eigenvalue weighted by molar-refractivity contribution is 7.93. The van der Waals surface area contributed by atoms with E-state index in [0.29, 0.717) is 0 Å². The number of carboxylic acids is 1. The minimum atomic E-state index is -3.60. The van der Waals surface area contributed by atoms with Crippen molar-refractivity contribution in [2.75, 3.05) is 4.72 Å². The van der Waals surface area contributed by atoms with Gasteiger partial charge in [-0.05, 0) is 32.0 Å². The maximum Gasteiger partial charge on any atom is 0.337 e. The quantitative estimate of drug-likeness (QED) is 0.884. The monoisotopic (exact) mass is 277 g/mol. The van der Waals surface area contributed by atoms with E-state index in [9.17, 15) is 13.2 Å². The smallest absolute Gasteiger partial charge is 0.337 e. The Bertz CT molecular complexity index is 539. The number of hydrogen-bond acceptors (Lipinski definition) is 3. The van der Waals surface area contributed by atoms with Gasteiger partial charge in [-0.25, -0.2) is 13.2 Å². The molecule has 0 unspecified atom stereocenters. The Hall–Kier alpha value is -1.27. The standard InChI is InChI=1S/C10H12ClNO4S/c1-6(2)17(15,16)12-9-5-7(11)3-4-8(9)10(13)14/h3-6,12H,1-2H3,(H,13,14). The van der Waals surface area contributed by atoms with Crippen LogP contribution in [-0.4, -0.2) is 24.7 Å². The van der Waals surface area contributed by atoms with Gasteiger partial charge in [-0.1, -0.05) is 11.6 Å². The lowest BCUT2D eigenvalue weighted by Gasteiger charge is -2.12. The van der Waals surface area contributed by atoms with Crippen molar-refractivity contribution in [2.45, 2.75) is 19.1 Å². The summed E-state index contributed by atoms with van der Waals surface area (Å²) in [6.07, 6.45) is 0. The number of benzene rings is 1. The predicted molar refractivity (Wildman–Crippen MR) is 66.1 cm³/mol. The molecule has 0 aliphatic carbocycles. The van der Waals surface area contributed by atoms with Crippen LogP contribution in [0.25, 0.3) is 0 Å². The second-order valence-electron chi connectivity index (χ2n) is 3.69. The molecule has 0 aliphatic heterocycles. The van der Waals surface area contributed by atoms with E-state index in [0.717, 1.165) is 0 Å². The highest BCUT2D eigenvalue weighted by atomic mass is 35.5. The van der Waals surface area contributed by atoms with E-state index in [2.05, 4.69) is 4.72 Å². The molecule has 0 radical (unpaired) electrons. The largest absolute Gasteiger partial charge is 0.478 e. The summed E-state index contributed by atoms with van der Waals surface area (Å²) in [5, 5.41) is 8.51. The van der Waals surface area contributed by atoms with E-state index in [4.69, 9.17) is 16.7 Å². The van der Waals surface area contributed by atoms with Crippen LogP contribution in [0.1, 0.15) is 24.2 Å². The number of sulfonamides is 1. The van der Waals surface area contributed by atoms with E-state index in [1.165, 1.54) is 32.0 Å². The fraction of sp³-hybridized carbons (Fsp3) is 0.300. The van der Waals surface area contributed by atoms with Crippen LogP contribution in [-0.2, 0) is 10.0 Å². The molecule has 0 fully saturated rings. The molecule has 0 heterocycles. The van der Waals surface area contributed by atoms with Crippen molar-refractivity contribution in [2.24, 2.45) is 0 Å². The number of anilines is 1. The minimum Gasteiger partial charge on any atom is -0.478 e. The molecule has 1 rings (SSSR count). The van der Waals surface area contributed by atoms with Crippen LogP contribution >= 0.6 is 11.6 Å². The summed E-state index contributed by atoms with van der Waals surface area (Å²) in [6.45, 7) is 2.99. The average Bonchev–Trinajstić information content (AvgIpc) is 2.15. The molecule has 1 aromatic rings. The number of rotatable bonds is 4. The highest BCUT2D eigenvalue weighted by Crippen LogP contribution is 2.23. The fourth-order valence-electron chi connectivity index (χ4n) is 1.06. The summed E-state index contributed by atoms with van der Waals surface area (Å²) in [5.74, 6) is -1.22. The molecule has 0 aromatic heterocycles. The Morgan fingerprint density at radius 1 is 1.41 bits per heavy atom. The molecule has 0 aliphatic rings. The number of carboxylic acid groups (broad SMARTS) is 1. The first-order valence-corrected chi connectivity index (χ1v) is 6.71. The fourth-order valence-corrected chi connectivity index (χ4v) is 1.94. The van der Waals surface area contributed by atoms with E-state index >= 15 is 0 Å². The highest BCUT2D eigenvalue weighted by Gasteiger charge is 2.19. The van der Waals surface area contributed by atoms with Crippen molar-refractivity contribution in [1.29, 1.82) is 0 Å². The predicted octanol–water partition coefficient (Wildman–Crippen LogP) is 2.19. The first-order valence-electron chi connectivity index (χ1n) is 4.78. The lowest BCUT2D eigenvalue weighted by atomic mass is 10.2. The molecule has 5 nitrogen and oxygen atoms in total. The Morgan fingerprint density at radius 3 is 2.47 bits per heavy atom. The normalized spacial score (nSPS) is 11.5. The first kappa shape index (κ1) is 13.8. The van der Waals surface area contributed by atoms with E-state index in [1.54, 1.807) is 0 Å². The summed E-state index contributed by atoms with van der Waals surface area (Å²) in [6, 6.07) is 3.91. The molecule has 0 spiro atoms. The van der Waals surface area contributed by atoms with Crippen LogP contribution in [0.2, 0.25) is 5.02 Å². The van der Waals surface area contributed by atoms with Gasteiger partial charge in [0.1, 0.15) is 0 Å². The maximum absolute atomic E-state index is 11.6. The number of nitrogens with one attached hydrogen (secondary N) is 1. The van der Waals surface area contributed by atoms with Crippen molar-refractivity contribution in [3.05, 3.63) is 28.8 Å². The number of carbonyl (C=O) groups is 1. The van der Waals surface area contributed by atoms with E-state index in [1.807, 2.05) is 0 Å². The summed E-state index contributed by atoms with van der Waals surface area (Å²) in [5.41, 5.74) is -0.169. The third-order valence-corrected chi connectivity index (χ3v) is 4.07. The van der Waals surface area contributed by atoms with Gasteiger partial charge in [0.05, 0.1) is 16.5 Å². The molecule has 2 N–H and O–H groups in total. The lowest BCUT2D eigenvalue weighted by Crippen LogP contribution is -2.23. The molecule has 0 saturated carbocycles. The number of hydrogen-bond donors (Lipinski definition) is 2. The third-order valence-electron chi connectivity index (χ3n) is 2.08. The van der Waals surface area contributed by atoms with Gasteiger partial charge in [-0.3, -0.25) is 4.72 Å². The van der Waals surface area contributed by atoms with Crippen LogP contribution in [0.5, 0.6) is 0 Å². The zero-order valence-corrected chi connectivity index (χ0v) is 10.8. The molecule has 0 atom stereocenters. The van der Waals surface area contributed by atoms with Crippen molar-refractivity contribution >= 4 is 33.3 Å². The maximum atomic E-state index is 11.6. The van der Waals surface area contributed by atoms with Crippen LogP contribution in [0, 0.1) is 0 Å². The van der Waals surface area contributed by atoms with E-state index < -0.39 is 21.2 Å². The molecular formula is C10H12ClNO4S. The molecule has 0 amide bonds. The van der Waals surface area contributed by atoms with Crippen molar-refractivity contribution in [3.63, 3.8) is 0 Å². The Balaban J connectivity index is 3.22. The molecule has 17 heavy (non-hydrogen) atoms. The second kappa shape index (κ2) is 4.93. The summed E-state index contributed by atoms with van der Waals surface area (Å²) in [7, 11) is -3.60. The Labute approximate surface area is 104 Å². The van der Waals surface area contributed by atoms with Crippen molar-refractivity contribution < 1.29 is 18.3 Å². The summed E-state index contributed by atoms with van der Waals surface area (Å²) in [4.78, 5) is 10.9. The first-order chi connectivity index (χ1) is 7.74. The number of aromatic carboxylic acids is 1. The molecule has 0 saturated heterocycles. The van der Waals surface area contributed by atoms with Gasteiger partial charge in [0.25, 0.3) is 0 Å². The van der Waals surface area contributed by atoms with Crippen LogP contribution in [0.3, 0.4) is 0 Å². The van der Waals surface area contributed by atoms with Gasteiger partial charge < -0.3 is 5.11 Å². The molecular weight excluding hydrogens is 266 g/mol. The van der Waals surface area contributed by atoms with Gasteiger partial charge >= 0.3 is 5.97 Å². The van der Waals surface area contributed by atoms with Crippen LogP contribution < -0.4 is 4.72 Å². The number of halogens is 1. The topological polar surface area (TPSA) is 83.5 Å². The van der Waals surface area contributed by atoms with Gasteiger partial charge in [0.15, 0.2) is 0 Å². The molecule has 7 heteroatoms. The zero-order valence-electron chi connectivity index (χ0n) is 9.27. The van der Waals surface area contributed by atoms with Crippen molar-refractivity contribution in [3.8, 4) is 0 Å². The summed E-state index contributed by atoms with van der Waals surface area (Å²) >= 11 is 5.70. The molecule has 1 aromatic carbocycles. The average molecular weight is 278 g/mol.